The maximum absolute atomic E-state index is 12.6. The van der Waals surface area contributed by atoms with Crippen molar-refractivity contribution >= 4 is 27.5 Å². The summed E-state index contributed by atoms with van der Waals surface area (Å²) in [6.45, 7) is 0.732. The molecule has 0 aromatic carbocycles. The second-order valence-corrected chi connectivity index (χ2v) is 5.87. The number of nitro groups is 1. The number of carbonyl (C=O) groups is 1. The van der Waals surface area contributed by atoms with E-state index in [9.17, 15) is 14.9 Å². The van der Waals surface area contributed by atoms with Gasteiger partial charge in [-0.05, 0) is 25.7 Å². The predicted molar refractivity (Wildman–Crippen MR) is 79.2 cm³/mol. The van der Waals surface area contributed by atoms with Gasteiger partial charge in [-0.15, -0.1) is 0 Å². The molecule has 2 heterocycles. The van der Waals surface area contributed by atoms with Gasteiger partial charge >= 0.3 is 0 Å². The molecule has 1 atom stereocenters. The third-order valence-electron chi connectivity index (χ3n) is 3.75. The summed E-state index contributed by atoms with van der Waals surface area (Å²) in [4.78, 5) is 24.8. The summed E-state index contributed by atoms with van der Waals surface area (Å²) in [5.41, 5.74) is 0.350. The number of rotatable bonds is 4. The van der Waals surface area contributed by atoms with Crippen LogP contribution >= 0.6 is 15.9 Å². The summed E-state index contributed by atoms with van der Waals surface area (Å²) in [5.74, 6) is -0.105. The van der Waals surface area contributed by atoms with Gasteiger partial charge in [0.25, 0.3) is 11.6 Å². The average molecular weight is 344 g/mol. The first-order valence-corrected chi connectivity index (χ1v) is 7.84. The third kappa shape index (κ3) is 3.03. The van der Waals surface area contributed by atoms with Gasteiger partial charge in [-0.2, -0.15) is 0 Å². The fourth-order valence-electron chi connectivity index (χ4n) is 2.70. The summed E-state index contributed by atoms with van der Waals surface area (Å²) in [6.07, 6.45) is 5.44. The number of piperidine rings is 1. The zero-order chi connectivity index (χ0) is 14.7. The number of nitrogens with zero attached hydrogens (tertiary/aromatic N) is 3. The maximum atomic E-state index is 12.6. The molecule has 0 radical (unpaired) electrons. The predicted octanol–water partition coefficient (Wildman–Crippen LogP) is 2.71. The quantitative estimate of drug-likeness (QED) is 0.479. The first-order valence-electron chi connectivity index (χ1n) is 6.72. The van der Waals surface area contributed by atoms with E-state index in [0.29, 0.717) is 5.69 Å². The van der Waals surface area contributed by atoms with E-state index in [1.54, 1.807) is 11.6 Å². The molecule has 1 aromatic heterocycles. The van der Waals surface area contributed by atoms with E-state index in [2.05, 4.69) is 15.9 Å². The molecule has 2 rings (SSSR count). The van der Waals surface area contributed by atoms with Crippen LogP contribution in [0.15, 0.2) is 12.3 Å². The van der Waals surface area contributed by atoms with Crippen molar-refractivity contribution in [2.75, 3.05) is 11.9 Å². The fraction of sp³-hybridized carbons (Fsp3) is 0.615. The lowest BCUT2D eigenvalue weighted by Gasteiger charge is -2.35. The summed E-state index contributed by atoms with van der Waals surface area (Å²) in [5, 5.41) is 11.6. The van der Waals surface area contributed by atoms with Crippen LogP contribution in [-0.4, -0.2) is 38.2 Å². The highest BCUT2D eigenvalue weighted by Gasteiger charge is 2.29. The molecule has 0 N–H and O–H groups in total. The molecule has 0 bridgehead atoms. The fourth-order valence-corrected chi connectivity index (χ4v) is 3.23. The Kier molecular flexibility index (Phi) is 4.80. The van der Waals surface area contributed by atoms with E-state index >= 15 is 0 Å². The Labute approximate surface area is 126 Å². The van der Waals surface area contributed by atoms with E-state index in [1.807, 2.05) is 4.90 Å². The molecule has 0 aliphatic carbocycles. The molecule has 1 fully saturated rings. The van der Waals surface area contributed by atoms with Crippen molar-refractivity contribution in [3.05, 3.63) is 28.1 Å². The summed E-state index contributed by atoms with van der Waals surface area (Å²) in [6, 6.07) is 1.59. The number of hydrogen-bond acceptors (Lipinski definition) is 3. The number of halogens is 1. The van der Waals surface area contributed by atoms with Crippen molar-refractivity contribution in [1.82, 2.24) is 9.47 Å². The van der Waals surface area contributed by atoms with Crippen molar-refractivity contribution in [1.29, 1.82) is 0 Å². The summed E-state index contributed by atoms with van der Waals surface area (Å²) in [7, 11) is 1.67. The minimum Gasteiger partial charge on any atom is -0.340 e. The minimum absolute atomic E-state index is 0.0371. The Morgan fingerprint density at radius 1 is 1.55 bits per heavy atom. The molecule has 1 aliphatic heterocycles. The number of hydrogen-bond donors (Lipinski definition) is 0. The molecule has 0 saturated carbocycles. The van der Waals surface area contributed by atoms with Crippen molar-refractivity contribution < 1.29 is 9.72 Å². The minimum atomic E-state index is -0.469. The van der Waals surface area contributed by atoms with Crippen molar-refractivity contribution in [2.45, 2.75) is 31.7 Å². The van der Waals surface area contributed by atoms with E-state index in [0.717, 1.165) is 37.6 Å². The summed E-state index contributed by atoms with van der Waals surface area (Å²) >= 11 is 3.42. The number of likely N-dealkylation sites (tertiary alicyclic amines) is 1. The summed E-state index contributed by atoms with van der Waals surface area (Å²) < 4.78 is 1.54. The van der Waals surface area contributed by atoms with Gasteiger partial charge in [0.05, 0.1) is 11.1 Å². The normalized spacial score (nSPS) is 19.1. The lowest BCUT2D eigenvalue weighted by Crippen LogP contribution is -2.44. The second kappa shape index (κ2) is 6.39. The monoisotopic (exact) mass is 343 g/mol. The van der Waals surface area contributed by atoms with Crippen LogP contribution in [0.2, 0.25) is 0 Å². The molecule has 1 aromatic rings. The smallest absolute Gasteiger partial charge is 0.287 e. The van der Waals surface area contributed by atoms with Gasteiger partial charge in [0, 0.05) is 31.0 Å². The number of carbonyl (C=O) groups excluding carboxylic acids is 1. The van der Waals surface area contributed by atoms with Crippen LogP contribution in [0, 0.1) is 10.1 Å². The van der Waals surface area contributed by atoms with Gasteiger partial charge in [0.2, 0.25) is 0 Å². The molecular weight excluding hydrogens is 326 g/mol. The molecule has 1 unspecified atom stereocenters. The molecule has 1 amide bonds. The molecule has 20 heavy (non-hydrogen) atoms. The Hall–Kier alpha value is -1.37. The Morgan fingerprint density at radius 3 is 2.90 bits per heavy atom. The SMILES string of the molecule is Cn1cc([N+](=O)[O-])cc1C(=O)N1CCCCC1CCBr. The Balaban J connectivity index is 2.22. The highest BCUT2D eigenvalue weighted by atomic mass is 79.9. The van der Waals surface area contributed by atoms with E-state index in [-0.39, 0.29) is 17.6 Å². The molecule has 110 valence electrons. The second-order valence-electron chi connectivity index (χ2n) is 5.08. The van der Waals surface area contributed by atoms with Gasteiger partial charge < -0.3 is 9.47 Å². The molecular formula is C13H18BrN3O3. The van der Waals surface area contributed by atoms with Crippen molar-refractivity contribution in [3.8, 4) is 0 Å². The van der Waals surface area contributed by atoms with Crippen molar-refractivity contribution in [3.63, 3.8) is 0 Å². The van der Waals surface area contributed by atoms with E-state index in [1.165, 1.54) is 12.3 Å². The van der Waals surface area contributed by atoms with Crippen LogP contribution in [0.25, 0.3) is 0 Å². The molecule has 6 nitrogen and oxygen atoms in total. The van der Waals surface area contributed by atoms with Crippen LogP contribution in [-0.2, 0) is 7.05 Å². The highest BCUT2D eigenvalue weighted by molar-refractivity contribution is 9.09. The topological polar surface area (TPSA) is 68.4 Å². The first-order chi connectivity index (χ1) is 9.54. The van der Waals surface area contributed by atoms with Gasteiger partial charge in [-0.1, -0.05) is 15.9 Å². The highest BCUT2D eigenvalue weighted by Crippen LogP contribution is 2.24. The lowest BCUT2D eigenvalue weighted by atomic mass is 9.99. The largest absolute Gasteiger partial charge is 0.340 e. The number of aryl methyl sites for hydroxylation is 1. The van der Waals surface area contributed by atoms with Gasteiger partial charge in [0.1, 0.15) is 5.69 Å². The van der Waals surface area contributed by atoms with Crippen LogP contribution in [0.1, 0.15) is 36.2 Å². The maximum Gasteiger partial charge on any atom is 0.287 e. The number of aromatic nitrogens is 1. The van der Waals surface area contributed by atoms with Crippen LogP contribution in [0.3, 0.4) is 0 Å². The number of amides is 1. The van der Waals surface area contributed by atoms with E-state index in [4.69, 9.17) is 0 Å². The molecule has 1 saturated heterocycles. The molecule has 7 heteroatoms. The standard InChI is InChI=1S/C13H18BrN3O3/c1-15-9-11(17(19)20)8-12(15)13(18)16-7-3-2-4-10(16)5-6-14/h8-10H,2-7H2,1H3. The Morgan fingerprint density at radius 2 is 2.30 bits per heavy atom. The van der Waals surface area contributed by atoms with Crippen LogP contribution < -0.4 is 0 Å². The Bertz CT molecular complexity index is 513. The zero-order valence-electron chi connectivity index (χ0n) is 11.4. The molecule has 0 spiro atoms. The molecule has 1 aliphatic rings. The van der Waals surface area contributed by atoms with Gasteiger partial charge in [0.15, 0.2) is 0 Å². The average Bonchev–Trinajstić information content (AvgIpc) is 2.81. The lowest BCUT2D eigenvalue weighted by molar-refractivity contribution is -0.384. The van der Waals surface area contributed by atoms with E-state index < -0.39 is 4.92 Å². The van der Waals surface area contributed by atoms with Crippen molar-refractivity contribution in [2.24, 2.45) is 7.05 Å². The zero-order valence-corrected chi connectivity index (χ0v) is 13.0. The van der Waals surface area contributed by atoms with Gasteiger partial charge in [-0.25, -0.2) is 0 Å². The first kappa shape index (κ1) is 15.0. The van der Waals surface area contributed by atoms with Crippen LogP contribution in [0.5, 0.6) is 0 Å². The van der Waals surface area contributed by atoms with Crippen LogP contribution in [0.4, 0.5) is 5.69 Å². The van der Waals surface area contributed by atoms with Gasteiger partial charge in [-0.3, -0.25) is 14.9 Å². The number of alkyl halides is 1. The third-order valence-corrected chi connectivity index (χ3v) is 4.21.